The summed E-state index contributed by atoms with van der Waals surface area (Å²) in [4.78, 5) is 34.3. The van der Waals surface area contributed by atoms with Crippen LogP contribution in [0.5, 0.6) is 5.75 Å². The average molecular weight is 440 g/mol. The number of benzene rings is 1. The van der Waals surface area contributed by atoms with Crippen molar-refractivity contribution in [2.45, 2.75) is 33.2 Å². The van der Waals surface area contributed by atoms with Crippen molar-refractivity contribution in [1.82, 2.24) is 24.6 Å². The highest BCUT2D eigenvalue weighted by Crippen LogP contribution is 2.31. The van der Waals surface area contributed by atoms with Gasteiger partial charge in [0.05, 0.1) is 17.9 Å². The molecule has 0 bridgehead atoms. The van der Waals surface area contributed by atoms with Gasteiger partial charge in [0.25, 0.3) is 5.56 Å². The number of carbonyl (C=O) groups excluding carboxylic acids is 1. The summed E-state index contributed by atoms with van der Waals surface area (Å²) in [6.07, 6.45) is 1.65. The monoisotopic (exact) mass is 439 g/mol. The molecule has 3 heterocycles. The molecular weight excluding hydrogens is 410 g/mol. The second-order valence-electron chi connectivity index (χ2n) is 8.21. The van der Waals surface area contributed by atoms with Crippen molar-refractivity contribution in [3.8, 4) is 17.1 Å². The van der Waals surface area contributed by atoms with E-state index in [2.05, 4.69) is 21.9 Å². The molecule has 2 N–H and O–H groups in total. The Morgan fingerprint density at radius 2 is 2.09 bits per heavy atom. The number of fused-ring (bicyclic) bond motifs is 1. The van der Waals surface area contributed by atoms with Crippen LogP contribution in [0.4, 0.5) is 0 Å². The van der Waals surface area contributed by atoms with E-state index in [1.54, 1.807) is 11.7 Å². The van der Waals surface area contributed by atoms with Crippen LogP contribution in [-0.2, 0) is 24.8 Å². The van der Waals surface area contributed by atoms with Crippen LogP contribution in [-0.4, -0.2) is 61.8 Å². The molecule has 9 heteroatoms. The topological polar surface area (TPSA) is 113 Å². The molecule has 2 aromatic heterocycles. The van der Waals surface area contributed by atoms with E-state index >= 15 is 0 Å². The fraction of sp³-hybridized carbons (Fsp3) is 0.478. The number of hydrogen-bond donors (Lipinski definition) is 2. The smallest absolute Gasteiger partial charge is 0.277 e. The van der Waals surface area contributed by atoms with Gasteiger partial charge in [-0.15, -0.1) is 0 Å². The average Bonchev–Trinajstić information content (AvgIpc) is 3.07. The molecule has 3 aromatic rings. The van der Waals surface area contributed by atoms with E-state index in [-0.39, 0.29) is 17.3 Å². The van der Waals surface area contributed by atoms with E-state index in [9.17, 15) is 9.59 Å². The fourth-order valence-corrected chi connectivity index (χ4v) is 4.21. The summed E-state index contributed by atoms with van der Waals surface area (Å²) in [5.41, 5.74) is 3.41. The summed E-state index contributed by atoms with van der Waals surface area (Å²) < 4.78 is 7.41. The molecule has 0 amide bonds. The van der Waals surface area contributed by atoms with Crippen LogP contribution in [0.25, 0.3) is 22.4 Å². The first kappa shape index (κ1) is 22.2. The lowest BCUT2D eigenvalue weighted by Crippen LogP contribution is -2.50. The van der Waals surface area contributed by atoms with Gasteiger partial charge in [0.15, 0.2) is 11.3 Å². The quantitative estimate of drug-likeness (QED) is 0.521. The van der Waals surface area contributed by atoms with Crippen molar-refractivity contribution < 1.29 is 14.6 Å². The van der Waals surface area contributed by atoms with Crippen LogP contribution in [0.15, 0.2) is 23.0 Å². The first-order valence-electron chi connectivity index (χ1n) is 11.0. The molecule has 1 fully saturated rings. The van der Waals surface area contributed by atoms with Crippen LogP contribution >= 0.6 is 0 Å². The van der Waals surface area contributed by atoms with Gasteiger partial charge in [0.2, 0.25) is 0 Å². The third kappa shape index (κ3) is 4.18. The number of carbonyl (C=O) groups is 1. The van der Waals surface area contributed by atoms with Crippen LogP contribution < -0.4 is 10.3 Å². The predicted molar refractivity (Wildman–Crippen MR) is 121 cm³/mol. The molecule has 32 heavy (non-hydrogen) atoms. The minimum atomic E-state index is -0.401. The largest absolute Gasteiger partial charge is 0.493 e. The fourth-order valence-electron chi connectivity index (χ4n) is 4.21. The molecule has 0 unspecified atom stereocenters. The van der Waals surface area contributed by atoms with E-state index in [0.717, 1.165) is 29.7 Å². The van der Waals surface area contributed by atoms with Crippen LogP contribution in [0.3, 0.4) is 0 Å². The number of aryl methyl sites for hydroxylation is 2. The zero-order valence-corrected chi connectivity index (χ0v) is 18.7. The van der Waals surface area contributed by atoms with Gasteiger partial charge in [0, 0.05) is 32.6 Å². The minimum Gasteiger partial charge on any atom is -0.493 e. The predicted octanol–water partition coefficient (Wildman–Crippen LogP) is 1.67. The molecule has 0 radical (unpaired) electrons. The number of likely N-dealkylation sites (tertiary alicyclic amines) is 1. The first-order chi connectivity index (χ1) is 15.4. The number of hydrogen-bond acceptors (Lipinski definition) is 7. The standard InChI is InChI=1S/C23H29N5O4/c1-4-6-17-20-21(27(3)26-17)23(31)25-22(24-20)16-9-14(7-8-19(16)32-5-2)10-28-11-15(12-28)18(30)13-29/h7-9,15,29H,4-6,10-13H2,1-3H3,(H,24,25,31). The van der Waals surface area contributed by atoms with Gasteiger partial charge in [-0.25, -0.2) is 4.98 Å². The molecule has 1 saturated heterocycles. The Morgan fingerprint density at radius 1 is 1.31 bits per heavy atom. The van der Waals surface area contributed by atoms with E-state index in [1.165, 1.54) is 0 Å². The van der Waals surface area contributed by atoms with E-state index in [0.29, 0.717) is 48.8 Å². The number of rotatable bonds is 9. The summed E-state index contributed by atoms with van der Waals surface area (Å²) in [5.74, 6) is 0.903. The molecule has 1 aliphatic heterocycles. The van der Waals surface area contributed by atoms with Crippen molar-refractivity contribution in [3.05, 3.63) is 39.8 Å². The lowest BCUT2D eigenvalue weighted by atomic mass is 9.94. The number of aliphatic hydroxyl groups excluding tert-OH is 1. The highest BCUT2D eigenvalue weighted by molar-refractivity contribution is 5.83. The maximum atomic E-state index is 12.9. The number of nitrogens with one attached hydrogen (secondary N) is 1. The Bertz CT molecular complexity index is 1190. The minimum absolute atomic E-state index is 0.0924. The second kappa shape index (κ2) is 9.22. The number of nitrogens with zero attached hydrogens (tertiary/aromatic N) is 4. The van der Waals surface area contributed by atoms with Gasteiger partial charge in [-0.1, -0.05) is 19.4 Å². The molecule has 0 aliphatic carbocycles. The Morgan fingerprint density at radius 3 is 2.78 bits per heavy atom. The number of ketones is 1. The lowest BCUT2D eigenvalue weighted by Gasteiger charge is -2.38. The molecule has 1 aliphatic rings. The summed E-state index contributed by atoms with van der Waals surface area (Å²) in [6, 6.07) is 5.86. The van der Waals surface area contributed by atoms with Crippen LogP contribution in [0.1, 0.15) is 31.5 Å². The van der Waals surface area contributed by atoms with Crippen molar-refractivity contribution in [2.24, 2.45) is 13.0 Å². The third-order valence-electron chi connectivity index (χ3n) is 5.82. The molecule has 9 nitrogen and oxygen atoms in total. The maximum absolute atomic E-state index is 12.9. The first-order valence-corrected chi connectivity index (χ1v) is 11.0. The number of H-pyrrole nitrogens is 1. The van der Waals surface area contributed by atoms with Crippen LogP contribution in [0.2, 0.25) is 0 Å². The molecule has 170 valence electrons. The van der Waals surface area contributed by atoms with Crippen molar-refractivity contribution in [1.29, 1.82) is 0 Å². The Kier molecular flexibility index (Phi) is 6.38. The number of Topliss-reactive ketones (excluding diaryl/α,β-unsaturated/α-hetero) is 1. The van der Waals surface area contributed by atoms with Crippen LogP contribution in [0, 0.1) is 5.92 Å². The van der Waals surface area contributed by atoms with Gasteiger partial charge < -0.3 is 14.8 Å². The SMILES string of the molecule is CCCc1nn(C)c2c(=O)[nH]c(-c3cc(CN4CC(C(=O)CO)C4)ccc3OCC)nc12. The lowest BCUT2D eigenvalue weighted by molar-refractivity contribution is -0.131. The molecule has 0 spiro atoms. The maximum Gasteiger partial charge on any atom is 0.277 e. The summed E-state index contributed by atoms with van der Waals surface area (Å²) in [7, 11) is 1.76. The van der Waals surface area contributed by atoms with Crippen molar-refractivity contribution in [2.75, 3.05) is 26.3 Å². The highest BCUT2D eigenvalue weighted by Gasteiger charge is 2.31. The zero-order valence-electron chi connectivity index (χ0n) is 18.7. The van der Waals surface area contributed by atoms with Gasteiger partial charge in [-0.05, 0) is 31.0 Å². The summed E-state index contributed by atoms with van der Waals surface area (Å²) in [5, 5.41) is 13.5. The molecule has 0 atom stereocenters. The Balaban J connectivity index is 1.69. The van der Waals surface area contributed by atoms with Gasteiger partial charge >= 0.3 is 0 Å². The van der Waals surface area contributed by atoms with E-state index in [1.807, 2.05) is 25.1 Å². The third-order valence-corrected chi connectivity index (χ3v) is 5.82. The number of ether oxygens (including phenoxy) is 1. The second-order valence-corrected chi connectivity index (χ2v) is 8.21. The summed E-state index contributed by atoms with van der Waals surface area (Å²) >= 11 is 0. The molecule has 1 aromatic carbocycles. The number of aromatic amines is 1. The van der Waals surface area contributed by atoms with Gasteiger partial charge in [0.1, 0.15) is 23.7 Å². The normalized spacial score (nSPS) is 14.6. The molecule has 4 rings (SSSR count). The Hall–Kier alpha value is -3.04. The Labute approximate surface area is 186 Å². The van der Waals surface area contributed by atoms with Crippen molar-refractivity contribution in [3.63, 3.8) is 0 Å². The van der Waals surface area contributed by atoms with E-state index < -0.39 is 6.61 Å². The zero-order chi connectivity index (χ0) is 22.8. The number of aliphatic hydroxyl groups is 1. The number of aromatic nitrogens is 4. The summed E-state index contributed by atoms with van der Waals surface area (Å²) in [6.45, 7) is 6.01. The van der Waals surface area contributed by atoms with Gasteiger partial charge in [-0.3, -0.25) is 19.2 Å². The van der Waals surface area contributed by atoms with E-state index in [4.69, 9.17) is 14.8 Å². The van der Waals surface area contributed by atoms with Crippen molar-refractivity contribution >= 4 is 16.8 Å². The molecule has 0 saturated carbocycles. The molecular formula is C23H29N5O4. The van der Waals surface area contributed by atoms with Gasteiger partial charge in [-0.2, -0.15) is 5.10 Å². The highest BCUT2D eigenvalue weighted by atomic mass is 16.5.